The number of ether oxygens (including phenoxy) is 2. The van der Waals surface area contributed by atoms with E-state index in [1.807, 2.05) is 72.8 Å². The Morgan fingerprint density at radius 3 is 1.38 bits per heavy atom. The van der Waals surface area contributed by atoms with Gasteiger partial charge >= 0.3 is 11.9 Å². The number of hydrogen-bond acceptors (Lipinski definition) is 8. The van der Waals surface area contributed by atoms with Crippen molar-refractivity contribution in [3.63, 3.8) is 0 Å². The Morgan fingerprint density at radius 1 is 0.524 bits per heavy atom. The number of unbranched alkanes of at least 4 members (excludes halogenated alkanes) is 1. The Balaban J connectivity index is 0.957. The summed E-state index contributed by atoms with van der Waals surface area (Å²) in [6.07, 6.45) is 1.36. The Bertz CT molecular complexity index is 1940. The fourth-order valence-corrected chi connectivity index (χ4v) is 6.99. The summed E-state index contributed by atoms with van der Waals surface area (Å²) in [4.78, 5) is 50.3. The summed E-state index contributed by atoms with van der Waals surface area (Å²) >= 11 is 3.12. The van der Waals surface area contributed by atoms with E-state index in [1.54, 1.807) is 34.8 Å². The summed E-state index contributed by atoms with van der Waals surface area (Å²) in [6, 6.07) is 26.2. The van der Waals surface area contributed by atoms with Crippen LogP contribution in [0, 0.1) is 0 Å². The highest BCUT2D eigenvalue weighted by molar-refractivity contribution is 7.24. The van der Waals surface area contributed by atoms with Crippen molar-refractivity contribution in [3.05, 3.63) is 117 Å². The monoisotopic (exact) mass is 594 g/mol. The lowest BCUT2D eigenvalue weighted by molar-refractivity contribution is -0.147. The van der Waals surface area contributed by atoms with Gasteiger partial charge in [0.15, 0.2) is 10.9 Å². The second-order valence-electron chi connectivity index (χ2n) is 10.0. The molecule has 8 heteroatoms. The third-order valence-electron chi connectivity index (χ3n) is 7.09. The summed E-state index contributed by atoms with van der Waals surface area (Å²) in [6.45, 7) is 0.169. The second-order valence-corrected chi connectivity index (χ2v) is 12.2. The van der Waals surface area contributed by atoms with Gasteiger partial charge in [-0.1, -0.05) is 36.4 Å². The van der Waals surface area contributed by atoms with E-state index < -0.39 is 0 Å². The normalized spacial score (nSPS) is 11.3. The first-order chi connectivity index (χ1) is 20.5. The summed E-state index contributed by atoms with van der Waals surface area (Å²) in [7, 11) is 0. The van der Waals surface area contributed by atoms with Crippen LogP contribution in [0.4, 0.5) is 0 Å². The van der Waals surface area contributed by atoms with E-state index >= 15 is 0 Å². The van der Waals surface area contributed by atoms with Crippen molar-refractivity contribution < 1.29 is 19.1 Å². The topological polar surface area (TPSA) is 86.7 Å². The third-order valence-corrected chi connectivity index (χ3v) is 9.40. The molecule has 0 atom stereocenters. The van der Waals surface area contributed by atoms with Gasteiger partial charge in [-0.25, -0.2) is 0 Å². The molecule has 0 radical (unpaired) electrons. The molecule has 4 aromatic carbocycles. The highest BCUT2D eigenvalue weighted by Gasteiger charge is 2.11. The summed E-state index contributed by atoms with van der Waals surface area (Å²) in [5, 5.41) is 2.62. The van der Waals surface area contributed by atoms with Crippen LogP contribution in [0.2, 0.25) is 0 Å². The first-order valence-corrected chi connectivity index (χ1v) is 15.3. The molecular weight excluding hydrogens is 569 g/mol. The molecule has 2 heterocycles. The van der Waals surface area contributed by atoms with E-state index in [9.17, 15) is 19.2 Å². The molecule has 42 heavy (non-hydrogen) atoms. The maximum Gasteiger partial charge on any atom is 0.306 e. The van der Waals surface area contributed by atoms with Crippen molar-refractivity contribution in [1.82, 2.24) is 0 Å². The van der Waals surface area contributed by atoms with Gasteiger partial charge in [0.05, 0.1) is 0 Å². The van der Waals surface area contributed by atoms with E-state index in [2.05, 4.69) is 0 Å². The lowest BCUT2D eigenvalue weighted by atomic mass is 10.1. The minimum Gasteiger partial charge on any atom is -0.461 e. The van der Waals surface area contributed by atoms with Crippen molar-refractivity contribution in [2.45, 2.75) is 38.9 Å². The maximum atomic E-state index is 12.9. The predicted molar refractivity (Wildman–Crippen MR) is 169 cm³/mol. The van der Waals surface area contributed by atoms with Gasteiger partial charge in [0.25, 0.3) is 0 Å². The minimum absolute atomic E-state index is 0.0238. The number of esters is 2. The molecule has 0 amide bonds. The van der Waals surface area contributed by atoms with Gasteiger partial charge in [-0.3, -0.25) is 19.2 Å². The van der Waals surface area contributed by atoms with Gasteiger partial charge in [-0.05, 0) is 72.5 Å². The zero-order valence-corrected chi connectivity index (χ0v) is 24.2. The molecule has 0 N–H and O–H groups in total. The maximum absolute atomic E-state index is 12.9. The molecule has 0 spiro atoms. The van der Waals surface area contributed by atoms with E-state index in [0.717, 1.165) is 29.9 Å². The zero-order valence-electron chi connectivity index (χ0n) is 22.6. The molecule has 0 aliphatic rings. The first-order valence-electron chi connectivity index (χ1n) is 13.7. The molecule has 0 saturated carbocycles. The van der Waals surface area contributed by atoms with Crippen molar-refractivity contribution >= 4 is 75.0 Å². The van der Waals surface area contributed by atoms with Crippen LogP contribution in [0.15, 0.2) is 94.5 Å². The fourth-order valence-electron chi connectivity index (χ4n) is 4.89. The Morgan fingerprint density at radius 2 is 0.929 bits per heavy atom. The highest BCUT2D eigenvalue weighted by atomic mass is 32.1. The molecule has 6 aromatic rings. The predicted octanol–water partition coefficient (Wildman–Crippen LogP) is 7.49. The Labute approximate surface area is 248 Å². The number of carbonyl (C=O) groups is 2. The van der Waals surface area contributed by atoms with Crippen LogP contribution in [0.5, 0.6) is 0 Å². The molecule has 6 nitrogen and oxygen atoms in total. The molecular formula is C34H26O6S2. The van der Waals surface area contributed by atoms with Gasteiger partial charge in [0.2, 0.25) is 0 Å². The average Bonchev–Trinajstić information content (AvgIpc) is 3.01. The minimum atomic E-state index is -0.356. The number of rotatable bonds is 9. The molecule has 0 bridgehead atoms. The molecule has 0 aliphatic carbocycles. The van der Waals surface area contributed by atoms with E-state index in [-0.39, 0.29) is 48.9 Å². The van der Waals surface area contributed by atoms with Crippen molar-refractivity contribution in [2.24, 2.45) is 0 Å². The third kappa shape index (κ3) is 5.95. The molecule has 210 valence electrons. The van der Waals surface area contributed by atoms with Crippen LogP contribution in [0.25, 0.3) is 40.3 Å². The second kappa shape index (κ2) is 12.2. The Hall–Kier alpha value is -4.40. The standard InChI is InChI=1S/C34H26O6S2/c35-31(39-19-21-13-15-29-25(17-21)33(37)23-7-1-3-9-27(23)41-29)11-5-6-12-32(36)40-20-22-14-16-30-26(18-22)34(38)24-8-2-4-10-28(24)42-30/h1-4,7-10,13-18H,5-6,11-12,19-20H2. The Kier molecular flexibility index (Phi) is 8.08. The van der Waals surface area contributed by atoms with Crippen molar-refractivity contribution in [1.29, 1.82) is 0 Å². The fraction of sp³-hybridized carbons (Fsp3) is 0.176. The number of hydrogen-bond donors (Lipinski definition) is 0. The average molecular weight is 595 g/mol. The van der Waals surface area contributed by atoms with Gasteiger partial charge < -0.3 is 9.47 Å². The lowest BCUT2D eigenvalue weighted by Crippen LogP contribution is -2.07. The van der Waals surface area contributed by atoms with E-state index in [0.29, 0.717) is 34.4 Å². The molecule has 0 unspecified atom stereocenters. The molecule has 6 rings (SSSR count). The molecule has 0 fully saturated rings. The zero-order chi connectivity index (χ0) is 29.1. The highest BCUT2D eigenvalue weighted by Crippen LogP contribution is 2.26. The van der Waals surface area contributed by atoms with E-state index in [1.165, 1.54) is 0 Å². The van der Waals surface area contributed by atoms with Crippen LogP contribution >= 0.6 is 22.7 Å². The smallest absolute Gasteiger partial charge is 0.306 e. The van der Waals surface area contributed by atoms with Crippen LogP contribution in [-0.2, 0) is 32.3 Å². The van der Waals surface area contributed by atoms with Crippen LogP contribution < -0.4 is 10.9 Å². The number of benzene rings is 4. The molecule has 0 saturated heterocycles. The van der Waals surface area contributed by atoms with Crippen LogP contribution in [0.1, 0.15) is 36.8 Å². The first kappa shape index (κ1) is 27.8. The van der Waals surface area contributed by atoms with Gasteiger partial charge in [0, 0.05) is 53.2 Å². The number of fused-ring (bicyclic) bond motifs is 4. The van der Waals surface area contributed by atoms with E-state index in [4.69, 9.17) is 9.47 Å². The van der Waals surface area contributed by atoms with Gasteiger partial charge in [0.1, 0.15) is 13.2 Å². The summed E-state index contributed by atoms with van der Waals surface area (Å²) in [5.74, 6) is -0.712. The lowest BCUT2D eigenvalue weighted by Gasteiger charge is -2.08. The number of carbonyl (C=O) groups excluding carboxylic acids is 2. The van der Waals surface area contributed by atoms with Crippen molar-refractivity contribution in [2.75, 3.05) is 0 Å². The van der Waals surface area contributed by atoms with Gasteiger partial charge in [-0.2, -0.15) is 0 Å². The molecule has 2 aromatic heterocycles. The summed E-state index contributed by atoms with van der Waals surface area (Å²) in [5.41, 5.74) is 1.46. The van der Waals surface area contributed by atoms with Crippen LogP contribution in [0.3, 0.4) is 0 Å². The van der Waals surface area contributed by atoms with Crippen molar-refractivity contribution in [3.8, 4) is 0 Å². The SMILES string of the molecule is O=C(CCCCC(=O)OCc1ccc2sc3ccccc3c(=O)c2c1)OCc1ccc2sc3ccccc3c(=O)c2c1. The van der Waals surface area contributed by atoms with Gasteiger partial charge in [-0.15, -0.1) is 22.7 Å². The largest absolute Gasteiger partial charge is 0.461 e. The quantitative estimate of drug-likeness (QED) is 0.0979. The van der Waals surface area contributed by atoms with Crippen LogP contribution in [-0.4, -0.2) is 11.9 Å². The summed E-state index contributed by atoms with van der Waals surface area (Å²) < 4.78 is 14.5. The molecule has 0 aliphatic heterocycles.